The molecule has 1 aliphatic rings. The van der Waals surface area contributed by atoms with E-state index < -0.39 is 0 Å². The maximum atomic E-state index is 11.1. The van der Waals surface area contributed by atoms with Crippen LogP contribution in [0.2, 0.25) is 0 Å². The van der Waals surface area contributed by atoms with Crippen molar-refractivity contribution in [3.05, 3.63) is 33.9 Å². The lowest BCUT2D eigenvalue weighted by Gasteiger charge is -2.18. The Hall–Kier alpha value is -1.29. The molecule has 2 rings (SSSR count). The molecule has 0 amide bonds. The number of alkyl halides is 1. The number of halogens is 1. The third-order valence-corrected chi connectivity index (χ3v) is 4.03. The van der Waals surface area contributed by atoms with E-state index in [-0.39, 0.29) is 10.6 Å². The third-order valence-electron chi connectivity index (χ3n) is 3.72. The number of hydrogen-bond acceptors (Lipinski definition) is 3. The van der Waals surface area contributed by atoms with Gasteiger partial charge < -0.3 is 4.90 Å². The molecule has 0 spiro atoms. The standard InChI is InChI=1S/C13H17ClN2O2/c1-9-7-15(8-10(9)2)12-4-3-11(6-14)5-13(12)16(17)18/h3-5,9-10H,6-8H2,1-2H3. The molecular weight excluding hydrogens is 252 g/mol. The van der Waals surface area contributed by atoms with E-state index in [2.05, 4.69) is 18.7 Å². The van der Waals surface area contributed by atoms with Gasteiger partial charge in [-0.15, -0.1) is 11.6 Å². The number of benzene rings is 1. The average Bonchev–Trinajstić information content (AvgIpc) is 2.68. The highest BCUT2D eigenvalue weighted by Crippen LogP contribution is 2.35. The first-order valence-corrected chi connectivity index (χ1v) is 6.64. The molecule has 1 aromatic rings. The summed E-state index contributed by atoms with van der Waals surface area (Å²) in [6, 6.07) is 5.26. The Morgan fingerprint density at radius 1 is 1.39 bits per heavy atom. The zero-order chi connectivity index (χ0) is 13.3. The van der Waals surface area contributed by atoms with E-state index in [1.165, 1.54) is 0 Å². The largest absolute Gasteiger partial charge is 0.365 e. The van der Waals surface area contributed by atoms with Gasteiger partial charge in [0, 0.05) is 25.0 Å². The minimum absolute atomic E-state index is 0.162. The Kier molecular flexibility index (Phi) is 3.76. The first kappa shape index (κ1) is 13.1. The molecule has 5 heteroatoms. The van der Waals surface area contributed by atoms with E-state index in [9.17, 15) is 10.1 Å². The number of nitro benzene ring substituents is 1. The fourth-order valence-corrected chi connectivity index (χ4v) is 2.56. The summed E-state index contributed by atoms with van der Waals surface area (Å²) in [5, 5.41) is 11.1. The zero-order valence-electron chi connectivity index (χ0n) is 10.6. The van der Waals surface area contributed by atoms with Gasteiger partial charge in [-0.2, -0.15) is 0 Å². The molecule has 0 N–H and O–H groups in total. The molecular formula is C13H17ClN2O2. The molecule has 2 atom stereocenters. The summed E-state index contributed by atoms with van der Waals surface area (Å²) < 4.78 is 0. The van der Waals surface area contributed by atoms with E-state index in [0.717, 1.165) is 18.7 Å². The van der Waals surface area contributed by atoms with Gasteiger partial charge in [-0.25, -0.2) is 0 Å². The second-order valence-corrected chi connectivity index (χ2v) is 5.34. The summed E-state index contributed by atoms with van der Waals surface area (Å²) in [5.41, 5.74) is 1.66. The number of hydrogen-bond donors (Lipinski definition) is 0. The number of anilines is 1. The van der Waals surface area contributed by atoms with Gasteiger partial charge in [0.2, 0.25) is 0 Å². The first-order chi connectivity index (χ1) is 8.52. The van der Waals surface area contributed by atoms with Gasteiger partial charge >= 0.3 is 0 Å². The minimum atomic E-state index is -0.320. The summed E-state index contributed by atoms with van der Waals surface area (Å²) in [5.74, 6) is 1.43. The van der Waals surface area contributed by atoms with Gasteiger partial charge in [0.15, 0.2) is 0 Å². The minimum Gasteiger partial charge on any atom is -0.365 e. The van der Waals surface area contributed by atoms with E-state index in [1.807, 2.05) is 12.1 Å². The van der Waals surface area contributed by atoms with Crippen LogP contribution in [0.5, 0.6) is 0 Å². The smallest absolute Gasteiger partial charge is 0.292 e. The summed E-state index contributed by atoms with van der Waals surface area (Å²) in [6.45, 7) is 6.12. The van der Waals surface area contributed by atoms with Gasteiger partial charge in [0.25, 0.3) is 5.69 Å². The Labute approximate surface area is 112 Å². The molecule has 98 valence electrons. The van der Waals surface area contributed by atoms with E-state index in [0.29, 0.717) is 23.4 Å². The Balaban J connectivity index is 2.35. The second-order valence-electron chi connectivity index (χ2n) is 5.07. The van der Waals surface area contributed by atoms with E-state index in [4.69, 9.17) is 11.6 Å². The van der Waals surface area contributed by atoms with Gasteiger partial charge in [0.05, 0.1) is 4.92 Å². The van der Waals surface area contributed by atoms with Crippen LogP contribution in [0.3, 0.4) is 0 Å². The van der Waals surface area contributed by atoms with Crippen LogP contribution in [0, 0.1) is 22.0 Å². The van der Waals surface area contributed by atoms with Crippen molar-refractivity contribution in [2.45, 2.75) is 19.7 Å². The number of nitro groups is 1. The van der Waals surface area contributed by atoms with Crippen LogP contribution >= 0.6 is 11.6 Å². The maximum absolute atomic E-state index is 11.1. The molecule has 0 aromatic heterocycles. The zero-order valence-corrected chi connectivity index (χ0v) is 11.4. The topological polar surface area (TPSA) is 46.4 Å². The van der Waals surface area contributed by atoms with Crippen molar-refractivity contribution in [3.8, 4) is 0 Å². The molecule has 1 saturated heterocycles. The van der Waals surface area contributed by atoms with Crippen LogP contribution in [0.4, 0.5) is 11.4 Å². The quantitative estimate of drug-likeness (QED) is 0.479. The fraction of sp³-hybridized carbons (Fsp3) is 0.538. The highest BCUT2D eigenvalue weighted by Gasteiger charge is 2.30. The predicted octanol–water partition coefficient (Wildman–Crippen LogP) is 3.43. The summed E-state index contributed by atoms with van der Waals surface area (Å²) in [7, 11) is 0. The lowest BCUT2D eigenvalue weighted by Crippen LogP contribution is -2.20. The molecule has 1 aliphatic heterocycles. The molecule has 0 saturated carbocycles. The molecule has 2 unspecified atom stereocenters. The van der Waals surface area contributed by atoms with Crippen molar-refractivity contribution in [2.75, 3.05) is 18.0 Å². The Bertz CT molecular complexity index is 454. The Morgan fingerprint density at radius 2 is 2.00 bits per heavy atom. The predicted molar refractivity (Wildman–Crippen MR) is 73.2 cm³/mol. The Morgan fingerprint density at radius 3 is 2.50 bits per heavy atom. The monoisotopic (exact) mass is 268 g/mol. The molecule has 0 bridgehead atoms. The van der Waals surface area contributed by atoms with Crippen molar-refractivity contribution in [1.29, 1.82) is 0 Å². The first-order valence-electron chi connectivity index (χ1n) is 6.11. The van der Waals surface area contributed by atoms with Crippen LogP contribution in [0.1, 0.15) is 19.4 Å². The van der Waals surface area contributed by atoms with E-state index in [1.54, 1.807) is 6.07 Å². The molecule has 0 aliphatic carbocycles. The lowest BCUT2D eigenvalue weighted by molar-refractivity contribution is -0.384. The van der Waals surface area contributed by atoms with Crippen LogP contribution in [-0.4, -0.2) is 18.0 Å². The van der Waals surface area contributed by atoms with Crippen LogP contribution in [-0.2, 0) is 5.88 Å². The van der Waals surface area contributed by atoms with Crippen molar-refractivity contribution >= 4 is 23.0 Å². The molecule has 18 heavy (non-hydrogen) atoms. The van der Waals surface area contributed by atoms with Crippen LogP contribution < -0.4 is 4.90 Å². The van der Waals surface area contributed by atoms with Crippen LogP contribution in [0.25, 0.3) is 0 Å². The lowest BCUT2D eigenvalue weighted by atomic mass is 10.0. The highest BCUT2D eigenvalue weighted by molar-refractivity contribution is 6.17. The van der Waals surface area contributed by atoms with Gasteiger partial charge in [-0.05, 0) is 23.5 Å². The van der Waals surface area contributed by atoms with Crippen molar-refractivity contribution in [3.63, 3.8) is 0 Å². The van der Waals surface area contributed by atoms with E-state index >= 15 is 0 Å². The second kappa shape index (κ2) is 5.14. The molecule has 1 heterocycles. The molecule has 1 aromatic carbocycles. The number of nitrogens with zero attached hydrogens (tertiary/aromatic N) is 2. The highest BCUT2D eigenvalue weighted by atomic mass is 35.5. The summed E-state index contributed by atoms with van der Waals surface area (Å²) in [6.07, 6.45) is 0. The van der Waals surface area contributed by atoms with Gasteiger partial charge in [-0.1, -0.05) is 19.9 Å². The third kappa shape index (κ3) is 2.43. The number of rotatable bonds is 3. The van der Waals surface area contributed by atoms with Gasteiger partial charge in [0.1, 0.15) is 5.69 Å². The molecule has 0 radical (unpaired) electrons. The molecule has 4 nitrogen and oxygen atoms in total. The normalized spacial score (nSPS) is 23.4. The fourth-order valence-electron chi connectivity index (χ4n) is 2.39. The van der Waals surface area contributed by atoms with Crippen molar-refractivity contribution < 1.29 is 4.92 Å². The van der Waals surface area contributed by atoms with Gasteiger partial charge in [-0.3, -0.25) is 10.1 Å². The van der Waals surface area contributed by atoms with Crippen LogP contribution in [0.15, 0.2) is 18.2 Å². The average molecular weight is 269 g/mol. The maximum Gasteiger partial charge on any atom is 0.292 e. The van der Waals surface area contributed by atoms with Crippen molar-refractivity contribution in [1.82, 2.24) is 0 Å². The molecule has 1 fully saturated rings. The SMILES string of the molecule is CC1CN(c2ccc(CCl)cc2[N+](=O)[O-])CC1C. The summed E-state index contributed by atoms with van der Waals surface area (Å²) >= 11 is 5.73. The van der Waals surface area contributed by atoms with Crippen molar-refractivity contribution in [2.24, 2.45) is 11.8 Å². The summed E-state index contributed by atoms with van der Waals surface area (Å²) in [4.78, 5) is 12.9.